The minimum absolute atomic E-state index is 0.683. The molecular formula is C11H17N. The molecule has 0 amide bonds. The second-order valence-electron chi connectivity index (χ2n) is 4.07. The van der Waals surface area contributed by atoms with E-state index in [1.807, 2.05) is 0 Å². The molecule has 1 aliphatic rings. The summed E-state index contributed by atoms with van der Waals surface area (Å²) in [6.45, 7) is 5.77. The maximum absolute atomic E-state index is 2.43. The second kappa shape index (κ2) is 2.96. The molecule has 0 bridgehead atoms. The van der Waals surface area contributed by atoms with Crippen LogP contribution in [0, 0.1) is 0 Å². The van der Waals surface area contributed by atoms with Gasteiger partial charge in [-0.15, -0.1) is 0 Å². The van der Waals surface area contributed by atoms with Gasteiger partial charge in [-0.25, -0.2) is 0 Å². The van der Waals surface area contributed by atoms with E-state index in [1.165, 1.54) is 31.4 Å². The van der Waals surface area contributed by atoms with Crippen molar-refractivity contribution in [1.29, 1.82) is 0 Å². The Morgan fingerprint density at radius 3 is 2.83 bits per heavy atom. The van der Waals surface area contributed by atoms with E-state index in [0.29, 0.717) is 5.92 Å². The summed E-state index contributed by atoms with van der Waals surface area (Å²) < 4.78 is 2.43. The highest BCUT2D eigenvalue weighted by molar-refractivity contribution is 5.22. The van der Waals surface area contributed by atoms with E-state index in [0.717, 1.165) is 0 Å². The van der Waals surface area contributed by atoms with E-state index in [-0.39, 0.29) is 0 Å². The van der Waals surface area contributed by atoms with E-state index in [9.17, 15) is 0 Å². The molecule has 12 heavy (non-hydrogen) atoms. The minimum atomic E-state index is 0.683. The molecule has 0 radical (unpaired) electrons. The van der Waals surface area contributed by atoms with E-state index in [2.05, 4.69) is 30.7 Å². The first-order valence-corrected chi connectivity index (χ1v) is 4.96. The Balaban J connectivity index is 2.32. The van der Waals surface area contributed by atoms with Crippen LogP contribution in [0.4, 0.5) is 0 Å². The number of hydrogen-bond donors (Lipinski definition) is 0. The molecule has 0 saturated heterocycles. The lowest BCUT2D eigenvalue weighted by atomic mass is 10.1. The first-order chi connectivity index (χ1) is 5.77. The summed E-state index contributed by atoms with van der Waals surface area (Å²) in [5.74, 6) is 0.683. The molecule has 1 nitrogen and oxygen atoms in total. The van der Waals surface area contributed by atoms with Gasteiger partial charge in [0.05, 0.1) is 0 Å². The Kier molecular flexibility index (Phi) is 1.95. The van der Waals surface area contributed by atoms with Crippen LogP contribution >= 0.6 is 0 Å². The fraction of sp³-hybridized carbons (Fsp3) is 0.636. The van der Waals surface area contributed by atoms with Gasteiger partial charge in [-0.3, -0.25) is 0 Å². The molecule has 66 valence electrons. The summed E-state index contributed by atoms with van der Waals surface area (Å²) >= 11 is 0. The second-order valence-corrected chi connectivity index (χ2v) is 4.07. The van der Waals surface area contributed by atoms with Crippen LogP contribution in [0.3, 0.4) is 0 Å². The SMILES string of the molecule is CC(C)c1cc2n(c1)CCCC2. The van der Waals surface area contributed by atoms with Gasteiger partial charge in [0.15, 0.2) is 0 Å². The third-order valence-corrected chi connectivity index (χ3v) is 2.76. The van der Waals surface area contributed by atoms with Gasteiger partial charge in [0, 0.05) is 18.4 Å². The van der Waals surface area contributed by atoms with Gasteiger partial charge in [-0.2, -0.15) is 0 Å². The molecular weight excluding hydrogens is 146 g/mol. The van der Waals surface area contributed by atoms with Crippen molar-refractivity contribution in [2.24, 2.45) is 0 Å². The lowest BCUT2D eigenvalue weighted by Crippen LogP contribution is -2.07. The van der Waals surface area contributed by atoms with Crippen LogP contribution in [0.15, 0.2) is 12.3 Å². The van der Waals surface area contributed by atoms with Crippen LogP contribution in [0.1, 0.15) is 43.9 Å². The highest BCUT2D eigenvalue weighted by Crippen LogP contribution is 2.22. The van der Waals surface area contributed by atoms with Crippen LogP contribution in [0.2, 0.25) is 0 Å². The molecule has 2 rings (SSSR count). The number of fused-ring (bicyclic) bond motifs is 1. The first kappa shape index (κ1) is 7.90. The van der Waals surface area contributed by atoms with E-state index in [1.54, 1.807) is 5.69 Å². The van der Waals surface area contributed by atoms with Gasteiger partial charge in [0.25, 0.3) is 0 Å². The first-order valence-electron chi connectivity index (χ1n) is 4.96. The van der Waals surface area contributed by atoms with E-state index >= 15 is 0 Å². The zero-order chi connectivity index (χ0) is 8.55. The summed E-state index contributed by atoms with van der Waals surface area (Å²) in [5.41, 5.74) is 3.05. The molecule has 1 aliphatic heterocycles. The Labute approximate surface area is 74.4 Å². The zero-order valence-electron chi connectivity index (χ0n) is 8.01. The van der Waals surface area contributed by atoms with Crippen LogP contribution in [0.25, 0.3) is 0 Å². The van der Waals surface area contributed by atoms with Crippen LogP contribution in [0.5, 0.6) is 0 Å². The summed E-state index contributed by atoms with van der Waals surface area (Å²) in [5, 5.41) is 0. The molecule has 0 atom stereocenters. The molecule has 0 saturated carbocycles. The van der Waals surface area contributed by atoms with Gasteiger partial charge >= 0.3 is 0 Å². The van der Waals surface area contributed by atoms with E-state index < -0.39 is 0 Å². The van der Waals surface area contributed by atoms with Gasteiger partial charge in [0.2, 0.25) is 0 Å². The van der Waals surface area contributed by atoms with Gasteiger partial charge in [-0.05, 0) is 36.8 Å². The van der Waals surface area contributed by atoms with Crippen LogP contribution in [-0.4, -0.2) is 4.57 Å². The average Bonchev–Trinajstić information content (AvgIpc) is 2.46. The smallest absolute Gasteiger partial charge is 0.0222 e. The Morgan fingerprint density at radius 2 is 2.17 bits per heavy atom. The molecule has 1 aromatic rings. The average molecular weight is 163 g/mol. The Bertz CT molecular complexity index is 247. The van der Waals surface area contributed by atoms with Crippen molar-refractivity contribution in [3.8, 4) is 0 Å². The molecule has 0 spiro atoms. The van der Waals surface area contributed by atoms with Crippen LogP contribution in [-0.2, 0) is 13.0 Å². The zero-order valence-corrected chi connectivity index (χ0v) is 8.01. The van der Waals surface area contributed by atoms with Crippen molar-refractivity contribution < 1.29 is 0 Å². The fourth-order valence-electron chi connectivity index (χ4n) is 1.90. The molecule has 0 fully saturated rings. The number of nitrogens with zero attached hydrogens (tertiary/aromatic N) is 1. The summed E-state index contributed by atoms with van der Waals surface area (Å²) in [7, 11) is 0. The minimum Gasteiger partial charge on any atom is -0.351 e. The van der Waals surface area contributed by atoms with Crippen molar-refractivity contribution in [2.45, 2.75) is 45.6 Å². The van der Waals surface area contributed by atoms with E-state index in [4.69, 9.17) is 0 Å². The van der Waals surface area contributed by atoms with Crippen molar-refractivity contribution in [2.75, 3.05) is 0 Å². The molecule has 0 unspecified atom stereocenters. The molecule has 0 aromatic carbocycles. The predicted molar refractivity (Wildman–Crippen MR) is 51.5 cm³/mol. The molecule has 1 aromatic heterocycles. The number of hydrogen-bond acceptors (Lipinski definition) is 0. The quantitative estimate of drug-likeness (QED) is 0.600. The Morgan fingerprint density at radius 1 is 1.33 bits per heavy atom. The highest BCUT2D eigenvalue weighted by Gasteiger charge is 2.11. The van der Waals surface area contributed by atoms with Crippen molar-refractivity contribution in [1.82, 2.24) is 4.57 Å². The van der Waals surface area contributed by atoms with Crippen LogP contribution < -0.4 is 0 Å². The normalized spacial score (nSPS) is 16.6. The van der Waals surface area contributed by atoms with Crippen molar-refractivity contribution in [3.05, 3.63) is 23.5 Å². The topological polar surface area (TPSA) is 4.93 Å². The summed E-state index contributed by atoms with van der Waals surface area (Å²) in [6, 6.07) is 2.38. The van der Waals surface area contributed by atoms with Gasteiger partial charge in [0.1, 0.15) is 0 Å². The number of rotatable bonds is 1. The summed E-state index contributed by atoms with van der Waals surface area (Å²) in [6.07, 6.45) is 6.35. The third-order valence-electron chi connectivity index (χ3n) is 2.76. The lowest BCUT2D eigenvalue weighted by molar-refractivity contribution is 0.532. The van der Waals surface area contributed by atoms with Gasteiger partial charge < -0.3 is 4.57 Å². The standard InChI is InChI=1S/C11H17N/c1-9(2)10-7-11-5-3-4-6-12(11)8-10/h7-9H,3-6H2,1-2H3. The Hall–Kier alpha value is -0.720. The molecule has 2 heterocycles. The number of aromatic nitrogens is 1. The van der Waals surface area contributed by atoms with Crippen molar-refractivity contribution in [3.63, 3.8) is 0 Å². The highest BCUT2D eigenvalue weighted by atomic mass is 15.0. The maximum atomic E-state index is 2.43. The monoisotopic (exact) mass is 163 g/mol. The largest absolute Gasteiger partial charge is 0.351 e. The molecule has 0 aliphatic carbocycles. The lowest BCUT2D eigenvalue weighted by Gasteiger charge is -2.13. The predicted octanol–water partition coefficient (Wildman–Crippen LogP) is 2.95. The van der Waals surface area contributed by atoms with Gasteiger partial charge in [-0.1, -0.05) is 13.8 Å². The fourth-order valence-corrected chi connectivity index (χ4v) is 1.90. The third kappa shape index (κ3) is 1.28. The number of aryl methyl sites for hydroxylation is 2. The maximum Gasteiger partial charge on any atom is 0.0222 e. The molecule has 1 heteroatoms. The summed E-state index contributed by atoms with van der Waals surface area (Å²) in [4.78, 5) is 0. The van der Waals surface area contributed by atoms with Crippen molar-refractivity contribution >= 4 is 0 Å². The molecule has 0 N–H and O–H groups in total.